The van der Waals surface area contributed by atoms with Crippen LogP contribution in [0.15, 0.2) is 42.5 Å². The second kappa shape index (κ2) is 9.83. The summed E-state index contributed by atoms with van der Waals surface area (Å²) in [5, 5.41) is 40.5. The maximum absolute atomic E-state index is 10.4. The van der Waals surface area contributed by atoms with Gasteiger partial charge in [0.2, 0.25) is 0 Å². The molecule has 168 valence electrons. The molecule has 2 aromatic rings. The fourth-order valence-corrected chi connectivity index (χ4v) is 4.17. The monoisotopic (exact) mass is 450 g/mol. The molecule has 0 aliphatic carbocycles. The Bertz CT molecular complexity index is 867. The van der Waals surface area contributed by atoms with Crippen LogP contribution in [0, 0.1) is 0 Å². The highest BCUT2D eigenvalue weighted by Gasteiger charge is 2.44. The molecule has 8 heteroatoms. The Balaban J connectivity index is 1.49. The fraction of sp³-hybridized carbons (Fsp3) is 0.478. The lowest BCUT2D eigenvalue weighted by Crippen LogP contribution is -2.55. The van der Waals surface area contributed by atoms with Crippen LogP contribution in [0.4, 0.5) is 0 Å². The third-order valence-electron chi connectivity index (χ3n) is 5.80. The Kier molecular flexibility index (Phi) is 7.13. The first-order chi connectivity index (χ1) is 15.0. The quantitative estimate of drug-likeness (QED) is 0.529. The van der Waals surface area contributed by atoms with Gasteiger partial charge in [-0.15, -0.1) is 0 Å². The van der Waals surface area contributed by atoms with Gasteiger partial charge in [0.05, 0.1) is 19.8 Å². The largest absolute Gasteiger partial charge is 0.488 e. The highest BCUT2D eigenvalue weighted by Crippen LogP contribution is 2.34. The van der Waals surface area contributed by atoms with E-state index in [4.69, 9.17) is 25.8 Å². The van der Waals surface area contributed by atoms with Gasteiger partial charge in [-0.1, -0.05) is 35.9 Å². The Hall–Kier alpha value is -1.71. The van der Waals surface area contributed by atoms with Crippen LogP contribution in [0.25, 0.3) is 0 Å². The summed E-state index contributed by atoms with van der Waals surface area (Å²) in [5.74, 6) is 0.792. The molecular formula is C23H27ClO7. The second-order valence-electron chi connectivity index (χ2n) is 8.02. The van der Waals surface area contributed by atoms with E-state index in [0.717, 1.165) is 29.9 Å². The summed E-state index contributed by atoms with van der Waals surface area (Å²) < 4.78 is 16.9. The van der Waals surface area contributed by atoms with Crippen LogP contribution in [0.5, 0.6) is 5.75 Å². The van der Waals surface area contributed by atoms with Gasteiger partial charge in [-0.3, -0.25) is 0 Å². The van der Waals surface area contributed by atoms with Crippen LogP contribution in [-0.4, -0.2) is 70.8 Å². The summed E-state index contributed by atoms with van der Waals surface area (Å²) in [7, 11) is 0. The lowest BCUT2D eigenvalue weighted by molar-refractivity contribution is -0.231. The molecule has 2 heterocycles. The zero-order valence-electron chi connectivity index (χ0n) is 16.9. The van der Waals surface area contributed by atoms with Crippen molar-refractivity contribution in [1.29, 1.82) is 0 Å². The van der Waals surface area contributed by atoms with Crippen molar-refractivity contribution in [2.45, 2.75) is 49.5 Å². The smallest absolute Gasteiger partial charge is 0.124 e. The molecule has 2 fully saturated rings. The number of rotatable bonds is 6. The molecule has 0 saturated carbocycles. The number of halogens is 1. The summed E-state index contributed by atoms with van der Waals surface area (Å²) in [5.41, 5.74) is 2.47. The van der Waals surface area contributed by atoms with Crippen molar-refractivity contribution < 1.29 is 34.6 Å². The van der Waals surface area contributed by atoms with Crippen molar-refractivity contribution in [2.24, 2.45) is 0 Å². The van der Waals surface area contributed by atoms with Crippen LogP contribution in [0.2, 0.25) is 5.02 Å². The minimum atomic E-state index is -1.42. The van der Waals surface area contributed by atoms with Crippen molar-refractivity contribution >= 4 is 11.6 Å². The van der Waals surface area contributed by atoms with E-state index in [-0.39, 0.29) is 6.10 Å². The molecule has 2 aliphatic heterocycles. The first-order valence-electron chi connectivity index (χ1n) is 10.4. The van der Waals surface area contributed by atoms with Crippen molar-refractivity contribution in [2.75, 3.05) is 19.8 Å². The summed E-state index contributed by atoms with van der Waals surface area (Å²) in [6.07, 6.45) is -4.46. The molecule has 31 heavy (non-hydrogen) atoms. The highest BCUT2D eigenvalue weighted by molar-refractivity contribution is 6.31. The second-order valence-corrected chi connectivity index (χ2v) is 8.43. The van der Waals surface area contributed by atoms with Gasteiger partial charge in [0.1, 0.15) is 42.4 Å². The maximum Gasteiger partial charge on any atom is 0.124 e. The maximum atomic E-state index is 10.4. The Morgan fingerprint density at radius 3 is 2.45 bits per heavy atom. The van der Waals surface area contributed by atoms with Crippen LogP contribution in [-0.2, 0) is 15.9 Å². The van der Waals surface area contributed by atoms with Gasteiger partial charge in [0.25, 0.3) is 0 Å². The minimum Gasteiger partial charge on any atom is -0.488 e. The van der Waals surface area contributed by atoms with Crippen molar-refractivity contribution in [3.05, 3.63) is 64.2 Å². The molecule has 0 amide bonds. The van der Waals surface area contributed by atoms with Crippen LogP contribution < -0.4 is 4.74 Å². The predicted octanol–water partition coefficient (Wildman–Crippen LogP) is 1.61. The van der Waals surface area contributed by atoms with Crippen molar-refractivity contribution in [3.63, 3.8) is 0 Å². The number of hydrogen-bond acceptors (Lipinski definition) is 7. The summed E-state index contributed by atoms with van der Waals surface area (Å²) >= 11 is 6.40. The Morgan fingerprint density at radius 2 is 1.77 bits per heavy atom. The molecule has 2 aromatic carbocycles. The number of hydrogen-bond donors (Lipinski definition) is 4. The predicted molar refractivity (Wildman–Crippen MR) is 113 cm³/mol. The topological polar surface area (TPSA) is 109 Å². The third kappa shape index (κ3) is 5.04. The van der Waals surface area contributed by atoms with Gasteiger partial charge < -0.3 is 34.6 Å². The summed E-state index contributed by atoms with van der Waals surface area (Å²) in [4.78, 5) is 0. The SMILES string of the molecule is OC[C@H]1O[C@@H](c2ccc(Cl)c(Cc3ccc(OC4CCOC4)cc3)c2)[C@H](O)C(O)[C@@H]1O. The molecule has 4 rings (SSSR count). The molecule has 0 radical (unpaired) electrons. The van der Waals surface area contributed by atoms with E-state index in [0.29, 0.717) is 23.6 Å². The molecule has 7 nitrogen and oxygen atoms in total. The Labute approximate surface area is 185 Å². The zero-order chi connectivity index (χ0) is 22.0. The van der Waals surface area contributed by atoms with Crippen molar-refractivity contribution in [3.8, 4) is 5.75 Å². The van der Waals surface area contributed by atoms with E-state index in [1.54, 1.807) is 12.1 Å². The molecule has 0 spiro atoms. The average molecular weight is 451 g/mol. The Morgan fingerprint density at radius 1 is 1.00 bits per heavy atom. The summed E-state index contributed by atoms with van der Waals surface area (Å²) in [6.45, 7) is 0.872. The van der Waals surface area contributed by atoms with Crippen LogP contribution in [0.3, 0.4) is 0 Å². The molecule has 2 saturated heterocycles. The molecule has 2 aliphatic rings. The molecule has 6 atom stereocenters. The normalized spacial score (nSPS) is 31.0. The van der Waals surface area contributed by atoms with Crippen LogP contribution in [0.1, 0.15) is 29.2 Å². The zero-order valence-corrected chi connectivity index (χ0v) is 17.7. The van der Waals surface area contributed by atoms with E-state index in [1.165, 1.54) is 0 Å². The number of aliphatic hydroxyl groups is 4. The fourth-order valence-electron chi connectivity index (χ4n) is 3.99. The van der Waals surface area contributed by atoms with E-state index in [2.05, 4.69) is 0 Å². The van der Waals surface area contributed by atoms with E-state index >= 15 is 0 Å². The van der Waals surface area contributed by atoms with Gasteiger partial charge in [-0.2, -0.15) is 0 Å². The van der Waals surface area contributed by atoms with Crippen molar-refractivity contribution in [1.82, 2.24) is 0 Å². The van der Waals surface area contributed by atoms with Gasteiger partial charge in [0, 0.05) is 11.4 Å². The van der Waals surface area contributed by atoms with Crippen LogP contribution >= 0.6 is 11.6 Å². The molecule has 4 N–H and O–H groups in total. The van der Waals surface area contributed by atoms with Gasteiger partial charge >= 0.3 is 0 Å². The molecule has 2 unspecified atom stereocenters. The number of aliphatic hydroxyl groups excluding tert-OH is 4. The highest BCUT2D eigenvalue weighted by atomic mass is 35.5. The number of benzene rings is 2. The first-order valence-corrected chi connectivity index (χ1v) is 10.8. The average Bonchev–Trinajstić information content (AvgIpc) is 3.28. The van der Waals surface area contributed by atoms with Gasteiger partial charge in [0.15, 0.2) is 0 Å². The van der Waals surface area contributed by atoms with Gasteiger partial charge in [-0.25, -0.2) is 0 Å². The van der Waals surface area contributed by atoms with Gasteiger partial charge in [-0.05, 0) is 41.3 Å². The molecule has 0 aromatic heterocycles. The number of ether oxygens (including phenoxy) is 3. The minimum absolute atomic E-state index is 0.0931. The molecular weight excluding hydrogens is 424 g/mol. The summed E-state index contributed by atoms with van der Waals surface area (Å²) in [6, 6.07) is 13.0. The first kappa shape index (κ1) is 22.5. The lowest BCUT2D eigenvalue weighted by Gasteiger charge is -2.40. The third-order valence-corrected chi connectivity index (χ3v) is 6.17. The molecule has 0 bridgehead atoms. The van der Waals surface area contributed by atoms with E-state index in [9.17, 15) is 20.4 Å². The van der Waals surface area contributed by atoms with E-state index < -0.39 is 37.1 Å². The van der Waals surface area contributed by atoms with E-state index in [1.807, 2.05) is 30.3 Å². The lowest BCUT2D eigenvalue weighted by atomic mass is 9.90. The standard InChI is InChI=1S/C23H27ClO7/c24-18-6-3-14(23-22(28)21(27)20(26)19(11-25)31-23)10-15(18)9-13-1-4-16(5-2-13)30-17-7-8-29-12-17/h1-6,10,17,19-23,25-28H,7-9,11-12H2/t17?,19-,20-,21?,22-,23+/m1/s1.